The molecule has 6 heteroatoms. The minimum Gasteiger partial charge on any atom is -0.298 e. The topological polar surface area (TPSA) is 42.1 Å². The fourth-order valence-electron chi connectivity index (χ4n) is 2.63. The van der Waals surface area contributed by atoms with Crippen LogP contribution in [0, 0.1) is 0 Å². The normalized spacial score (nSPS) is 11.7. The summed E-state index contributed by atoms with van der Waals surface area (Å²) in [5, 5.41) is 9.30. The number of rotatable bonds is 10. The maximum Gasteiger partial charge on any atom is 0.133 e. The van der Waals surface area contributed by atoms with Gasteiger partial charge in [0, 0.05) is 25.5 Å². The standard InChI is InChI=1S/C17H30N6/c1-5-20(6-2)13-16-9-11-22(18-16)15-23-12-10-17(19-23)14-21(7-3)8-4/h9-12H,5-8,13-15H2,1-4H3. The summed E-state index contributed by atoms with van der Waals surface area (Å²) in [6, 6.07) is 4.19. The zero-order chi connectivity index (χ0) is 16.7. The van der Waals surface area contributed by atoms with Crippen LogP contribution in [-0.2, 0) is 19.8 Å². The Kier molecular flexibility index (Phi) is 6.80. The van der Waals surface area contributed by atoms with Gasteiger partial charge in [-0.15, -0.1) is 0 Å². The number of nitrogens with zero attached hydrogens (tertiary/aromatic N) is 6. The van der Waals surface area contributed by atoms with Gasteiger partial charge in [0.1, 0.15) is 6.67 Å². The van der Waals surface area contributed by atoms with Crippen molar-refractivity contribution in [2.24, 2.45) is 0 Å². The molecular formula is C17H30N6. The molecule has 128 valence electrons. The van der Waals surface area contributed by atoms with Crippen LogP contribution in [0.15, 0.2) is 24.5 Å². The van der Waals surface area contributed by atoms with Crippen LogP contribution in [-0.4, -0.2) is 55.5 Å². The van der Waals surface area contributed by atoms with Crippen molar-refractivity contribution in [3.63, 3.8) is 0 Å². The van der Waals surface area contributed by atoms with Crippen molar-refractivity contribution in [2.75, 3.05) is 26.2 Å². The van der Waals surface area contributed by atoms with Crippen LogP contribution >= 0.6 is 0 Å². The van der Waals surface area contributed by atoms with Gasteiger partial charge in [-0.05, 0) is 38.3 Å². The van der Waals surface area contributed by atoms with Crippen LogP contribution in [0.1, 0.15) is 39.1 Å². The fraction of sp³-hybridized carbons (Fsp3) is 0.647. The van der Waals surface area contributed by atoms with Crippen molar-refractivity contribution < 1.29 is 0 Å². The molecule has 0 aliphatic carbocycles. The van der Waals surface area contributed by atoms with Crippen molar-refractivity contribution in [1.82, 2.24) is 29.4 Å². The first-order chi connectivity index (χ1) is 11.2. The lowest BCUT2D eigenvalue weighted by molar-refractivity contribution is 0.289. The molecule has 0 unspecified atom stereocenters. The van der Waals surface area contributed by atoms with E-state index in [0.29, 0.717) is 6.67 Å². The second kappa shape index (κ2) is 8.84. The van der Waals surface area contributed by atoms with E-state index in [1.54, 1.807) is 0 Å². The Morgan fingerprint density at radius 3 is 1.48 bits per heavy atom. The van der Waals surface area contributed by atoms with Crippen LogP contribution in [0.5, 0.6) is 0 Å². The second-order valence-electron chi connectivity index (χ2n) is 5.76. The Hall–Kier alpha value is -1.66. The van der Waals surface area contributed by atoms with E-state index in [1.807, 2.05) is 21.8 Å². The zero-order valence-corrected chi connectivity index (χ0v) is 14.9. The molecular weight excluding hydrogens is 288 g/mol. The SMILES string of the molecule is CCN(CC)Cc1ccn(Cn2ccc(CN(CC)CC)n2)n1. The summed E-state index contributed by atoms with van der Waals surface area (Å²) in [6.07, 6.45) is 4.06. The predicted molar refractivity (Wildman–Crippen MR) is 93.1 cm³/mol. The highest BCUT2D eigenvalue weighted by Gasteiger charge is 2.07. The smallest absolute Gasteiger partial charge is 0.133 e. The van der Waals surface area contributed by atoms with Gasteiger partial charge in [0.05, 0.1) is 11.4 Å². The highest BCUT2D eigenvalue weighted by Crippen LogP contribution is 2.04. The summed E-state index contributed by atoms with van der Waals surface area (Å²) in [6.45, 7) is 15.4. The molecule has 0 aromatic carbocycles. The van der Waals surface area contributed by atoms with Gasteiger partial charge < -0.3 is 0 Å². The van der Waals surface area contributed by atoms with E-state index in [2.05, 4.69) is 59.8 Å². The van der Waals surface area contributed by atoms with Gasteiger partial charge in [0.15, 0.2) is 0 Å². The van der Waals surface area contributed by atoms with E-state index < -0.39 is 0 Å². The Morgan fingerprint density at radius 2 is 1.13 bits per heavy atom. The summed E-state index contributed by atoms with van der Waals surface area (Å²) in [4.78, 5) is 4.73. The number of aromatic nitrogens is 4. The van der Waals surface area contributed by atoms with Gasteiger partial charge in [-0.2, -0.15) is 10.2 Å². The Balaban J connectivity index is 1.92. The van der Waals surface area contributed by atoms with Crippen molar-refractivity contribution >= 4 is 0 Å². The van der Waals surface area contributed by atoms with Crippen molar-refractivity contribution in [3.8, 4) is 0 Å². The molecule has 0 fully saturated rings. The van der Waals surface area contributed by atoms with Crippen molar-refractivity contribution in [1.29, 1.82) is 0 Å². The maximum atomic E-state index is 4.65. The molecule has 2 aromatic rings. The molecule has 0 atom stereocenters. The quantitative estimate of drug-likeness (QED) is 0.674. The minimum atomic E-state index is 0.663. The molecule has 0 saturated heterocycles. The number of hydrogen-bond donors (Lipinski definition) is 0. The van der Waals surface area contributed by atoms with Crippen LogP contribution in [0.3, 0.4) is 0 Å². The summed E-state index contributed by atoms with van der Waals surface area (Å²) in [7, 11) is 0. The van der Waals surface area contributed by atoms with Crippen LogP contribution in [0.25, 0.3) is 0 Å². The Morgan fingerprint density at radius 1 is 0.739 bits per heavy atom. The van der Waals surface area contributed by atoms with Gasteiger partial charge in [0.25, 0.3) is 0 Å². The van der Waals surface area contributed by atoms with Crippen LogP contribution < -0.4 is 0 Å². The third-order valence-electron chi connectivity index (χ3n) is 4.24. The van der Waals surface area contributed by atoms with E-state index in [4.69, 9.17) is 0 Å². The van der Waals surface area contributed by atoms with Gasteiger partial charge >= 0.3 is 0 Å². The van der Waals surface area contributed by atoms with Gasteiger partial charge in [-0.1, -0.05) is 27.7 Å². The van der Waals surface area contributed by atoms with Gasteiger partial charge in [-0.3, -0.25) is 19.2 Å². The van der Waals surface area contributed by atoms with Gasteiger partial charge in [0.2, 0.25) is 0 Å². The molecule has 0 bridgehead atoms. The lowest BCUT2D eigenvalue weighted by atomic mass is 10.4. The molecule has 23 heavy (non-hydrogen) atoms. The highest BCUT2D eigenvalue weighted by molar-refractivity contribution is 5.00. The van der Waals surface area contributed by atoms with Crippen LogP contribution in [0.2, 0.25) is 0 Å². The predicted octanol–water partition coefficient (Wildman–Crippen LogP) is 2.27. The third-order valence-corrected chi connectivity index (χ3v) is 4.24. The zero-order valence-electron chi connectivity index (χ0n) is 14.9. The molecule has 2 heterocycles. The average molecular weight is 318 g/mol. The van der Waals surface area contributed by atoms with Crippen LogP contribution in [0.4, 0.5) is 0 Å². The molecule has 2 rings (SSSR count). The summed E-state index contributed by atoms with van der Waals surface area (Å²) in [5.41, 5.74) is 2.23. The molecule has 0 saturated carbocycles. The molecule has 0 amide bonds. The largest absolute Gasteiger partial charge is 0.298 e. The molecule has 0 aliphatic rings. The van der Waals surface area contributed by atoms with E-state index in [9.17, 15) is 0 Å². The van der Waals surface area contributed by atoms with Crippen molar-refractivity contribution in [3.05, 3.63) is 35.9 Å². The average Bonchev–Trinajstić information content (AvgIpc) is 3.20. The summed E-state index contributed by atoms with van der Waals surface area (Å²) in [5.74, 6) is 0. The molecule has 2 aromatic heterocycles. The van der Waals surface area contributed by atoms with Crippen molar-refractivity contribution in [2.45, 2.75) is 47.5 Å². The molecule has 0 aliphatic heterocycles. The second-order valence-corrected chi connectivity index (χ2v) is 5.76. The van der Waals surface area contributed by atoms with E-state index in [-0.39, 0.29) is 0 Å². The third kappa shape index (κ3) is 5.18. The molecule has 0 N–H and O–H groups in total. The summed E-state index contributed by atoms with van der Waals surface area (Å²) >= 11 is 0. The van der Waals surface area contributed by atoms with Gasteiger partial charge in [-0.25, -0.2) is 0 Å². The molecule has 6 nitrogen and oxygen atoms in total. The first kappa shape index (κ1) is 17.7. The lowest BCUT2D eigenvalue weighted by Gasteiger charge is -2.16. The molecule has 0 spiro atoms. The van der Waals surface area contributed by atoms with E-state index in [1.165, 1.54) is 0 Å². The fourth-order valence-corrected chi connectivity index (χ4v) is 2.63. The Bertz CT molecular complexity index is 515. The first-order valence-electron chi connectivity index (χ1n) is 8.67. The first-order valence-corrected chi connectivity index (χ1v) is 8.67. The Labute approximate surface area is 139 Å². The van der Waals surface area contributed by atoms with E-state index in [0.717, 1.165) is 50.7 Å². The molecule has 0 radical (unpaired) electrons. The minimum absolute atomic E-state index is 0.663. The lowest BCUT2D eigenvalue weighted by Crippen LogP contribution is -2.23. The number of hydrogen-bond acceptors (Lipinski definition) is 4. The highest BCUT2D eigenvalue weighted by atomic mass is 15.4. The van der Waals surface area contributed by atoms with E-state index >= 15 is 0 Å². The monoisotopic (exact) mass is 318 g/mol. The maximum absolute atomic E-state index is 4.65. The summed E-state index contributed by atoms with van der Waals surface area (Å²) < 4.78 is 3.90.